The summed E-state index contributed by atoms with van der Waals surface area (Å²) in [6.07, 6.45) is 4.57. The molecule has 5 rings (SSSR count). The standard InChI is InChI=1S/C32H42N8O/c1-6-14-37(15-7-2)30(26-12-10-23(3)11-13-26)31(41)38-17-19-39(20-18-38)32-33-29(28-9-8-16-40(28)36-32)24(4)21-27-22-25(5)34-35-27/h8-13,16,22,30H,4,6-7,14-15,17-21H2,1-3,5H3,(H,34,35). The monoisotopic (exact) mass is 554 g/mol. The van der Waals surface area contributed by atoms with Crippen LogP contribution in [0.25, 0.3) is 11.1 Å². The highest BCUT2D eigenvalue weighted by atomic mass is 16.2. The summed E-state index contributed by atoms with van der Waals surface area (Å²) in [5.41, 5.74) is 6.88. The zero-order valence-corrected chi connectivity index (χ0v) is 24.8. The van der Waals surface area contributed by atoms with Gasteiger partial charge in [0, 0.05) is 44.5 Å². The van der Waals surface area contributed by atoms with E-state index in [1.165, 1.54) is 5.56 Å². The van der Waals surface area contributed by atoms with Crippen LogP contribution in [0.15, 0.2) is 55.2 Å². The molecule has 0 saturated carbocycles. The summed E-state index contributed by atoms with van der Waals surface area (Å²) < 4.78 is 1.87. The highest BCUT2D eigenvalue weighted by Crippen LogP contribution is 2.27. The third-order valence-corrected chi connectivity index (χ3v) is 7.76. The number of rotatable bonds is 11. The molecule has 1 aromatic carbocycles. The molecule has 1 aliphatic rings. The molecule has 4 heterocycles. The fraction of sp³-hybridized carbons (Fsp3) is 0.438. The first-order valence-electron chi connectivity index (χ1n) is 14.8. The molecule has 1 amide bonds. The first kappa shape index (κ1) is 28.5. The molecule has 1 unspecified atom stereocenters. The molecule has 4 aromatic rings. The van der Waals surface area contributed by atoms with Crippen LogP contribution in [-0.2, 0) is 11.2 Å². The molecule has 1 atom stereocenters. The van der Waals surface area contributed by atoms with Crippen LogP contribution >= 0.6 is 0 Å². The maximum atomic E-state index is 14.1. The first-order chi connectivity index (χ1) is 19.9. The lowest BCUT2D eigenvalue weighted by Crippen LogP contribution is -2.52. The average Bonchev–Trinajstić information content (AvgIpc) is 3.62. The van der Waals surface area contributed by atoms with Gasteiger partial charge in [0.25, 0.3) is 0 Å². The van der Waals surface area contributed by atoms with E-state index in [4.69, 9.17) is 10.1 Å². The smallest absolute Gasteiger partial charge is 0.244 e. The summed E-state index contributed by atoms with van der Waals surface area (Å²) in [7, 11) is 0. The molecule has 9 heteroatoms. The topological polar surface area (TPSA) is 85.7 Å². The van der Waals surface area contributed by atoms with Crippen LogP contribution in [0.2, 0.25) is 0 Å². The van der Waals surface area contributed by atoms with Gasteiger partial charge < -0.3 is 9.80 Å². The highest BCUT2D eigenvalue weighted by Gasteiger charge is 2.33. The summed E-state index contributed by atoms with van der Waals surface area (Å²) in [6.45, 7) is 17.2. The van der Waals surface area contributed by atoms with Crippen LogP contribution in [0.4, 0.5) is 5.95 Å². The van der Waals surface area contributed by atoms with Crippen molar-refractivity contribution < 1.29 is 4.79 Å². The molecule has 3 aromatic heterocycles. The molecule has 1 fully saturated rings. The maximum absolute atomic E-state index is 14.1. The number of aryl methyl sites for hydroxylation is 2. The summed E-state index contributed by atoms with van der Waals surface area (Å²) in [5.74, 6) is 0.837. The molecular formula is C32H42N8O. The molecule has 1 N–H and O–H groups in total. The Labute approximate surface area is 242 Å². The van der Waals surface area contributed by atoms with Crippen LogP contribution in [0, 0.1) is 13.8 Å². The van der Waals surface area contributed by atoms with Gasteiger partial charge in [0.1, 0.15) is 6.04 Å². The number of allylic oxidation sites excluding steroid dienone is 1. The number of amides is 1. The van der Waals surface area contributed by atoms with Gasteiger partial charge in [0.05, 0.1) is 16.9 Å². The van der Waals surface area contributed by atoms with E-state index in [0.29, 0.717) is 38.5 Å². The lowest BCUT2D eigenvalue weighted by molar-refractivity contribution is -0.137. The molecule has 9 nitrogen and oxygen atoms in total. The predicted octanol–water partition coefficient (Wildman–Crippen LogP) is 4.84. The Kier molecular flexibility index (Phi) is 8.83. The summed E-state index contributed by atoms with van der Waals surface area (Å²) in [6, 6.07) is 14.2. The van der Waals surface area contributed by atoms with E-state index in [1.54, 1.807) is 0 Å². The molecule has 0 bridgehead atoms. The van der Waals surface area contributed by atoms with Crippen LogP contribution < -0.4 is 4.90 Å². The van der Waals surface area contributed by atoms with Gasteiger partial charge in [-0.15, -0.1) is 5.10 Å². The number of aromatic nitrogens is 5. The van der Waals surface area contributed by atoms with Crippen molar-refractivity contribution in [3.63, 3.8) is 0 Å². The Morgan fingerprint density at radius 1 is 1.05 bits per heavy atom. The van der Waals surface area contributed by atoms with Gasteiger partial charge in [-0.3, -0.25) is 14.8 Å². The summed E-state index contributed by atoms with van der Waals surface area (Å²) in [4.78, 5) is 25.6. The maximum Gasteiger partial charge on any atom is 0.244 e. The Hall–Kier alpha value is -3.98. The van der Waals surface area contributed by atoms with E-state index < -0.39 is 0 Å². The number of hydrogen-bond donors (Lipinski definition) is 1. The molecule has 0 aliphatic carbocycles. The van der Waals surface area contributed by atoms with Crippen molar-refractivity contribution in [2.75, 3.05) is 44.2 Å². The van der Waals surface area contributed by atoms with Crippen molar-refractivity contribution in [2.45, 2.75) is 53.0 Å². The first-order valence-corrected chi connectivity index (χ1v) is 14.8. The van der Waals surface area contributed by atoms with Crippen molar-refractivity contribution in [1.29, 1.82) is 0 Å². The zero-order chi connectivity index (χ0) is 28.9. The van der Waals surface area contributed by atoms with Gasteiger partial charge in [-0.25, -0.2) is 9.50 Å². The number of carbonyl (C=O) groups excluding carboxylic acids is 1. The molecule has 41 heavy (non-hydrogen) atoms. The number of hydrogen-bond acceptors (Lipinski definition) is 6. The van der Waals surface area contributed by atoms with Crippen LogP contribution in [-0.4, -0.2) is 79.8 Å². The quantitative estimate of drug-likeness (QED) is 0.286. The Morgan fingerprint density at radius 3 is 2.39 bits per heavy atom. The van der Waals surface area contributed by atoms with Gasteiger partial charge in [-0.1, -0.05) is 50.3 Å². The second-order valence-electron chi connectivity index (χ2n) is 11.1. The van der Waals surface area contributed by atoms with Gasteiger partial charge >= 0.3 is 0 Å². The summed E-state index contributed by atoms with van der Waals surface area (Å²) in [5, 5.41) is 12.2. The fourth-order valence-corrected chi connectivity index (χ4v) is 5.69. The number of piperazine rings is 1. The van der Waals surface area contributed by atoms with Gasteiger partial charge in [0.2, 0.25) is 11.9 Å². The summed E-state index contributed by atoms with van der Waals surface area (Å²) >= 11 is 0. The minimum Gasteiger partial charge on any atom is -0.337 e. The van der Waals surface area contributed by atoms with E-state index in [-0.39, 0.29) is 11.9 Å². The minimum atomic E-state index is -0.268. The fourth-order valence-electron chi connectivity index (χ4n) is 5.69. The van der Waals surface area contributed by atoms with E-state index in [9.17, 15) is 4.79 Å². The number of H-pyrrole nitrogens is 1. The number of nitrogens with one attached hydrogen (secondary N) is 1. The van der Waals surface area contributed by atoms with Crippen molar-refractivity contribution in [1.82, 2.24) is 34.6 Å². The lowest BCUT2D eigenvalue weighted by Gasteiger charge is -2.39. The molecule has 1 saturated heterocycles. The number of benzene rings is 1. The van der Waals surface area contributed by atoms with Crippen molar-refractivity contribution in [2.24, 2.45) is 0 Å². The average molecular weight is 555 g/mol. The van der Waals surface area contributed by atoms with Crippen LogP contribution in [0.1, 0.15) is 60.9 Å². The number of nitrogens with zero attached hydrogens (tertiary/aromatic N) is 7. The molecule has 0 spiro atoms. The predicted molar refractivity (Wildman–Crippen MR) is 164 cm³/mol. The van der Waals surface area contributed by atoms with Crippen LogP contribution in [0.5, 0.6) is 0 Å². The minimum absolute atomic E-state index is 0.181. The van der Waals surface area contributed by atoms with Gasteiger partial charge in [0.15, 0.2) is 0 Å². The van der Waals surface area contributed by atoms with Crippen LogP contribution in [0.3, 0.4) is 0 Å². The Morgan fingerprint density at radius 2 is 1.76 bits per heavy atom. The highest BCUT2D eigenvalue weighted by molar-refractivity contribution is 5.83. The number of fused-ring (bicyclic) bond motifs is 1. The van der Waals surface area contributed by atoms with Crippen molar-refractivity contribution in [3.05, 3.63) is 83.4 Å². The van der Waals surface area contributed by atoms with Gasteiger partial charge in [-0.05, 0) is 69.1 Å². The normalized spacial score (nSPS) is 14.7. The van der Waals surface area contributed by atoms with Crippen molar-refractivity contribution in [3.8, 4) is 0 Å². The number of carbonyl (C=O) groups is 1. The zero-order valence-electron chi connectivity index (χ0n) is 24.8. The lowest BCUT2D eigenvalue weighted by atomic mass is 10.0. The van der Waals surface area contributed by atoms with E-state index >= 15 is 0 Å². The van der Waals surface area contributed by atoms with Crippen molar-refractivity contribution >= 4 is 22.9 Å². The molecule has 216 valence electrons. The molecule has 0 radical (unpaired) electrons. The van der Waals surface area contributed by atoms with E-state index in [1.807, 2.05) is 40.7 Å². The van der Waals surface area contributed by atoms with E-state index in [0.717, 1.165) is 59.7 Å². The SMILES string of the molecule is C=C(Cc1cc(C)[nH]n1)c1nc(N2CCN(C(=O)C(c3ccc(C)cc3)N(CCC)CCC)CC2)nn2cccc12. The number of anilines is 1. The third kappa shape index (κ3) is 6.35. The largest absolute Gasteiger partial charge is 0.337 e. The van der Waals surface area contributed by atoms with Gasteiger partial charge in [-0.2, -0.15) is 5.10 Å². The number of aromatic amines is 1. The molecular weight excluding hydrogens is 512 g/mol. The Bertz CT molecular complexity index is 1470. The second-order valence-corrected chi connectivity index (χ2v) is 11.1. The third-order valence-electron chi connectivity index (χ3n) is 7.76. The van der Waals surface area contributed by atoms with E-state index in [2.05, 4.69) is 71.6 Å². The Balaban J connectivity index is 1.34. The second kappa shape index (κ2) is 12.7. The molecule has 1 aliphatic heterocycles.